The van der Waals surface area contributed by atoms with E-state index >= 15 is 0 Å². The van der Waals surface area contributed by atoms with Crippen molar-refractivity contribution < 1.29 is 14.7 Å². The first kappa shape index (κ1) is 24.1. The minimum Gasteiger partial charge on any atom is -0.480 e. The van der Waals surface area contributed by atoms with E-state index in [4.69, 9.17) is 10.8 Å². The first-order chi connectivity index (χ1) is 7.63. The van der Waals surface area contributed by atoms with Gasteiger partial charge < -0.3 is 21.1 Å². The number of carbonyl (C=O) groups excluding carboxylic acids is 1. The fourth-order valence-corrected chi connectivity index (χ4v) is 1.21. The number of carboxylic acid groups (broad SMARTS) is 1. The van der Waals surface area contributed by atoms with E-state index in [0.717, 1.165) is 0 Å². The van der Waals surface area contributed by atoms with Crippen LogP contribution in [0, 0.1) is 0 Å². The first-order valence-corrected chi connectivity index (χ1v) is 4.83. The average molecular weight is 435 g/mol. The molecular formula is C9H14Ga3N4O3+9. The Labute approximate surface area is 150 Å². The molecule has 0 unspecified atom stereocenters. The summed E-state index contributed by atoms with van der Waals surface area (Å²) in [5.74, 6) is -1.45. The summed E-state index contributed by atoms with van der Waals surface area (Å²) in [6.45, 7) is 0.197. The number of nitrogens with two attached hydrogens (primary N) is 1. The van der Waals surface area contributed by atoms with E-state index in [0.29, 0.717) is 5.69 Å². The molecule has 1 heterocycles. The van der Waals surface area contributed by atoms with E-state index < -0.39 is 12.0 Å². The van der Waals surface area contributed by atoms with Crippen LogP contribution in [0.4, 0.5) is 0 Å². The van der Waals surface area contributed by atoms with Crippen molar-refractivity contribution in [1.82, 2.24) is 15.3 Å². The Bertz CT molecular complexity index is 362. The number of hydrogen-bond donors (Lipinski definition) is 4. The summed E-state index contributed by atoms with van der Waals surface area (Å²) in [6.07, 6.45) is 3.26. The van der Waals surface area contributed by atoms with Gasteiger partial charge in [0, 0.05) is 31.3 Å². The topological polar surface area (TPSA) is 121 Å². The van der Waals surface area contributed by atoms with E-state index in [1.807, 2.05) is 0 Å². The van der Waals surface area contributed by atoms with Gasteiger partial charge in [-0.05, 0) is 0 Å². The smallest absolute Gasteiger partial charge is 0.480 e. The van der Waals surface area contributed by atoms with Crippen molar-refractivity contribution in [2.24, 2.45) is 5.73 Å². The van der Waals surface area contributed by atoms with Crippen molar-refractivity contribution in [3.63, 3.8) is 0 Å². The van der Waals surface area contributed by atoms with Gasteiger partial charge in [-0.1, -0.05) is 0 Å². The minimum absolute atomic E-state index is 0. The van der Waals surface area contributed by atoms with Crippen molar-refractivity contribution in [3.8, 4) is 0 Å². The molecule has 1 aromatic rings. The number of nitrogens with one attached hydrogen (secondary N) is 2. The second-order valence-electron chi connectivity index (χ2n) is 3.28. The minimum atomic E-state index is -1.08. The Kier molecular flexibility index (Phi) is 16.5. The number of aliphatic carboxylic acids is 1. The van der Waals surface area contributed by atoms with Gasteiger partial charge in [0.2, 0.25) is 5.91 Å². The summed E-state index contributed by atoms with van der Waals surface area (Å²) in [5, 5.41) is 11.3. The molecule has 0 saturated heterocycles. The number of carbonyl (C=O) groups is 2. The molecule has 5 N–H and O–H groups in total. The number of aromatic amines is 1. The van der Waals surface area contributed by atoms with Gasteiger partial charge in [-0.2, -0.15) is 0 Å². The maximum absolute atomic E-state index is 11.2. The van der Waals surface area contributed by atoms with E-state index in [-0.39, 0.29) is 84.7 Å². The summed E-state index contributed by atoms with van der Waals surface area (Å²) < 4.78 is 0. The summed E-state index contributed by atoms with van der Waals surface area (Å²) in [6, 6.07) is -0.959. The van der Waals surface area contributed by atoms with Crippen LogP contribution in [0.2, 0.25) is 0 Å². The third-order valence-corrected chi connectivity index (χ3v) is 1.98. The van der Waals surface area contributed by atoms with Gasteiger partial charge in [0.25, 0.3) is 0 Å². The van der Waals surface area contributed by atoms with E-state index in [1.165, 1.54) is 12.5 Å². The molecule has 0 aliphatic carbocycles. The zero-order valence-corrected chi connectivity index (χ0v) is 17.6. The van der Waals surface area contributed by atoms with Crippen LogP contribution in [0.15, 0.2) is 12.5 Å². The Hall–Kier alpha value is 0.0191. The largest absolute Gasteiger partial charge is 3.00 e. The number of rotatable bonds is 6. The van der Waals surface area contributed by atoms with Crippen molar-refractivity contribution in [3.05, 3.63) is 18.2 Å². The van der Waals surface area contributed by atoms with Gasteiger partial charge in [-0.15, -0.1) is 0 Å². The molecule has 1 rings (SSSR count). The van der Waals surface area contributed by atoms with Gasteiger partial charge in [0.05, 0.1) is 6.33 Å². The molecule has 1 atom stereocenters. The standard InChI is InChI=1S/C9H14N4O3.3Ga/c10-2-1-8(14)13-7(9(15)16)3-6-4-11-5-12-6;;;/h4-5,7H,1-3,10H2,(H,11,12)(H,13,14)(H,15,16);;;/q;3*+3/t7-;;;/m0.../s1. The fourth-order valence-electron chi connectivity index (χ4n) is 1.21. The number of aromatic nitrogens is 2. The average Bonchev–Trinajstić information content (AvgIpc) is 2.69. The quantitative estimate of drug-likeness (QED) is 0.376. The fraction of sp³-hybridized carbons (Fsp3) is 0.444. The molecule has 1 aromatic heterocycles. The summed E-state index contributed by atoms with van der Waals surface area (Å²) in [5.41, 5.74) is 5.85. The maximum Gasteiger partial charge on any atom is 3.00 e. The van der Waals surface area contributed by atoms with Gasteiger partial charge in [-0.25, -0.2) is 9.78 Å². The third kappa shape index (κ3) is 9.54. The molecule has 88 valence electrons. The van der Waals surface area contributed by atoms with Crippen molar-refractivity contribution in [1.29, 1.82) is 0 Å². The normalized spacial score (nSPS) is 10.2. The SMILES string of the molecule is NCCC(=O)N[C@@H](Cc1cnc[nH]1)C(=O)O.[Ga+3].[Ga+3].[Ga+3]. The number of nitrogens with zero attached hydrogens (tertiary/aromatic N) is 1. The van der Waals surface area contributed by atoms with Crippen LogP contribution in [0.1, 0.15) is 12.1 Å². The van der Waals surface area contributed by atoms with Crippen LogP contribution in [0.3, 0.4) is 0 Å². The van der Waals surface area contributed by atoms with E-state index in [9.17, 15) is 9.59 Å². The molecule has 1 amide bonds. The Morgan fingerprint density at radius 2 is 2.05 bits per heavy atom. The molecule has 0 aromatic carbocycles. The molecule has 0 saturated carbocycles. The molecule has 0 bridgehead atoms. The predicted molar refractivity (Wildman–Crippen MR) is 72.8 cm³/mol. The molecule has 0 fully saturated rings. The third-order valence-electron chi connectivity index (χ3n) is 1.98. The number of carboxylic acids is 1. The van der Waals surface area contributed by atoms with Gasteiger partial charge in [0.1, 0.15) is 6.04 Å². The number of imidazole rings is 1. The van der Waals surface area contributed by atoms with Crippen LogP contribution in [-0.2, 0) is 16.0 Å². The van der Waals surface area contributed by atoms with Crippen LogP contribution < -0.4 is 11.1 Å². The van der Waals surface area contributed by atoms with E-state index in [1.54, 1.807) is 0 Å². The Balaban J connectivity index is -0.000000853. The summed E-state index contributed by atoms with van der Waals surface area (Å²) in [4.78, 5) is 28.6. The van der Waals surface area contributed by atoms with Crippen LogP contribution in [0.5, 0.6) is 0 Å². The molecule has 7 nitrogen and oxygen atoms in total. The van der Waals surface area contributed by atoms with Crippen LogP contribution >= 0.6 is 0 Å². The molecule has 0 aliphatic rings. The molecule has 0 radical (unpaired) electrons. The zero-order chi connectivity index (χ0) is 12.0. The first-order valence-electron chi connectivity index (χ1n) is 4.83. The zero-order valence-electron chi connectivity index (χ0n) is 10.4. The molecule has 19 heavy (non-hydrogen) atoms. The summed E-state index contributed by atoms with van der Waals surface area (Å²) in [7, 11) is 0. The Morgan fingerprint density at radius 1 is 1.42 bits per heavy atom. The summed E-state index contributed by atoms with van der Waals surface area (Å²) >= 11 is 0. The molecule has 10 heteroatoms. The van der Waals surface area contributed by atoms with Gasteiger partial charge in [0.15, 0.2) is 0 Å². The predicted octanol–water partition coefficient (Wildman–Crippen LogP) is -2.27. The van der Waals surface area contributed by atoms with E-state index in [2.05, 4.69) is 15.3 Å². The van der Waals surface area contributed by atoms with Crippen LogP contribution in [-0.4, -0.2) is 98.9 Å². The molecule has 0 spiro atoms. The van der Waals surface area contributed by atoms with Gasteiger partial charge >= 0.3 is 65.3 Å². The van der Waals surface area contributed by atoms with Crippen molar-refractivity contribution >= 4 is 71.2 Å². The molecule has 0 aliphatic heterocycles. The monoisotopic (exact) mass is 433 g/mol. The van der Waals surface area contributed by atoms with Crippen molar-refractivity contribution in [2.75, 3.05) is 6.54 Å². The van der Waals surface area contributed by atoms with Crippen LogP contribution in [0.25, 0.3) is 0 Å². The van der Waals surface area contributed by atoms with Gasteiger partial charge in [-0.3, -0.25) is 4.79 Å². The maximum atomic E-state index is 11.2. The second-order valence-corrected chi connectivity index (χ2v) is 3.28. The second kappa shape index (κ2) is 13.0. The molecular weight excluding hydrogens is 421 g/mol. The number of hydrogen-bond acceptors (Lipinski definition) is 4. The number of H-pyrrole nitrogens is 1. The van der Waals surface area contributed by atoms with Crippen molar-refractivity contribution in [2.45, 2.75) is 18.9 Å². The Morgan fingerprint density at radius 3 is 2.47 bits per heavy atom. The number of amides is 1.